The van der Waals surface area contributed by atoms with Crippen LogP contribution in [0.2, 0.25) is 0 Å². The molecule has 84 valence electrons. The van der Waals surface area contributed by atoms with Crippen molar-refractivity contribution in [2.24, 2.45) is 5.73 Å². The van der Waals surface area contributed by atoms with Crippen LogP contribution in [0.5, 0.6) is 0 Å². The van der Waals surface area contributed by atoms with E-state index in [0.717, 1.165) is 9.88 Å². The summed E-state index contributed by atoms with van der Waals surface area (Å²) in [5, 5.41) is 1.12. The molecular weight excluding hydrogens is 302 g/mol. The second kappa shape index (κ2) is 6.27. The van der Waals surface area contributed by atoms with Gasteiger partial charge in [-0.3, -0.25) is 0 Å². The van der Waals surface area contributed by atoms with Gasteiger partial charge in [0.05, 0.1) is 4.90 Å². The fourth-order valence-electron chi connectivity index (χ4n) is 0.885. The molecule has 0 aliphatic heterocycles. The highest BCUT2D eigenvalue weighted by atomic mass is 79.9. The summed E-state index contributed by atoms with van der Waals surface area (Å²) in [6.07, 6.45) is 1.41. The van der Waals surface area contributed by atoms with Crippen LogP contribution in [0.1, 0.15) is 0 Å². The Morgan fingerprint density at radius 1 is 1.27 bits per heavy atom. The van der Waals surface area contributed by atoms with Crippen molar-refractivity contribution in [2.75, 3.05) is 6.54 Å². The number of sulfone groups is 1. The Balaban J connectivity index is 0.00000196. The molecule has 0 aromatic heterocycles. The average Bonchev–Trinajstić information content (AvgIpc) is 2.16. The quantitative estimate of drug-likeness (QED) is 0.930. The maximum absolute atomic E-state index is 11.5. The number of benzene rings is 1. The van der Waals surface area contributed by atoms with Crippen molar-refractivity contribution in [3.63, 3.8) is 0 Å². The van der Waals surface area contributed by atoms with Gasteiger partial charge in [0.2, 0.25) is 0 Å². The standard InChI is InChI=1S/C9H10BrNO2S.ClH/c10-8-2-4-9(5-3-8)14(12,13)7-1-6-11;/h1-5,7H,6,11H2;1H. The normalized spacial score (nSPS) is 11.3. The van der Waals surface area contributed by atoms with E-state index >= 15 is 0 Å². The lowest BCUT2D eigenvalue weighted by Gasteiger charge is -1.98. The van der Waals surface area contributed by atoms with Crippen molar-refractivity contribution in [1.82, 2.24) is 0 Å². The van der Waals surface area contributed by atoms with Crippen LogP contribution in [0.25, 0.3) is 0 Å². The molecule has 1 aromatic rings. The van der Waals surface area contributed by atoms with E-state index < -0.39 is 9.84 Å². The Hall–Kier alpha value is -0.360. The van der Waals surface area contributed by atoms with E-state index in [-0.39, 0.29) is 23.8 Å². The summed E-state index contributed by atoms with van der Waals surface area (Å²) in [6.45, 7) is 0.218. The van der Waals surface area contributed by atoms with Gasteiger partial charge in [0.1, 0.15) is 0 Å². The molecule has 1 rings (SSSR count). The maximum atomic E-state index is 11.5. The second-order valence-electron chi connectivity index (χ2n) is 2.61. The van der Waals surface area contributed by atoms with E-state index in [2.05, 4.69) is 15.9 Å². The van der Waals surface area contributed by atoms with Crippen molar-refractivity contribution in [3.8, 4) is 0 Å². The number of hydrogen-bond acceptors (Lipinski definition) is 3. The van der Waals surface area contributed by atoms with Gasteiger partial charge < -0.3 is 5.73 Å². The predicted molar refractivity (Wildman–Crippen MR) is 66.8 cm³/mol. The second-order valence-corrected chi connectivity index (χ2v) is 5.36. The summed E-state index contributed by atoms with van der Waals surface area (Å²) in [5.41, 5.74) is 5.18. The number of rotatable bonds is 3. The first-order valence-electron chi connectivity index (χ1n) is 3.93. The molecule has 6 heteroatoms. The smallest absolute Gasteiger partial charge is 0.199 e. The van der Waals surface area contributed by atoms with Crippen LogP contribution in [0.3, 0.4) is 0 Å². The molecule has 0 fully saturated rings. The topological polar surface area (TPSA) is 60.2 Å². The van der Waals surface area contributed by atoms with Crippen LogP contribution < -0.4 is 5.73 Å². The Bertz CT molecular complexity index is 428. The molecule has 2 N–H and O–H groups in total. The molecule has 1 aromatic carbocycles. The lowest BCUT2D eigenvalue weighted by molar-refractivity contribution is 0.604. The zero-order valence-corrected chi connectivity index (χ0v) is 11.0. The van der Waals surface area contributed by atoms with Crippen molar-refractivity contribution in [2.45, 2.75) is 4.90 Å². The van der Waals surface area contributed by atoms with Gasteiger partial charge in [0, 0.05) is 16.4 Å². The predicted octanol–water partition coefficient (Wildman–Crippen LogP) is 2.12. The third-order valence-corrected chi connectivity index (χ3v) is 3.56. The van der Waals surface area contributed by atoms with Gasteiger partial charge in [-0.2, -0.15) is 0 Å². The van der Waals surface area contributed by atoms with Crippen LogP contribution in [0.4, 0.5) is 0 Å². The first-order chi connectivity index (χ1) is 6.56. The van der Waals surface area contributed by atoms with E-state index in [1.165, 1.54) is 6.08 Å². The first kappa shape index (κ1) is 14.6. The maximum Gasteiger partial charge on any atom is 0.199 e. The monoisotopic (exact) mass is 311 g/mol. The third kappa shape index (κ3) is 4.34. The van der Waals surface area contributed by atoms with Gasteiger partial charge in [-0.25, -0.2) is 8.42 Å². The molecule has 0 spiro atoms. The van der Waals surface area contributed by atoms with Crippen LogP contribution >= 0.6 is 28.3 Å². The molecule has 0 aliphatic carbocycles. The fourth-order valence-corrected chi connectivity index (χ4v) is 2.19. The number of hydrogen-bond donors (Lipinski definition) is 1. The third-order valence-electron chi connectivity index (χ3n) is 1.55. The zero-order valence-electron chi connectivity index (χ0n) is 7.76. The number of nitrogens with two attached hydrogens (primary N) is 1. The highest BCUT2D eigenvalue weighted by Gasteiger charge is 2.08. The lowest BCUT2D eigenvalue weighted by Crippen LogP contribution is -1.99. The van der Waals surface area contributed by atoms with Crippen LogP contribution in [-0.4, -0.2) is 15.0 Å². The average molecular weight is 313 g/mol. The largest absolute Gasteiger partial charge is 0.327 e. The molecule has 3 nitrogen and oxygen atoms in total. The van der Waals surface area contributed by atoms with Crippen molar-refractivity contribution >= 4 is 38.2 Å². The summed E-state index contributed by atoms with van der Waals surface area (Å²) >= 11 is 3.23. The Morgan fingerprint density at radius 2 is 1.80 bits per heavy atom. The summed E-state index contributed by atoms with van der Waals surface area (Å²) in [6, 6.07) is 6.45. The molecule has 0 radical (unpaired) electrons. The molecule has 0 amide bonds. The van der Waals surface area contributed by atoms with E-state index in [1.54, 1.807) is 24.3 Å². The molecule has 0 saturated heterocycles. The Labute approximate surface area is 104 Å². The van der Waals surface area contributed by atoms with E-state index in [0.29, 0.717) is 0 Å². The molecule has 0 heterocycles. The minimum Gasteiger partial charge on any atom is -0.327 e. The molecule has 0 saturated carbocycles. The highest BCUT2D eigenvalue weighted by molar-refractivity contribution is 9.10. The summed E-state index contributed by atoms with van der Waals surface area (Å²) < 4.78 is 23.9. The molecule has 0 unspecified atom stereocenters. The van der Waals surface area contributed by atoms with Crippen LogP contribution in [0.15, 0.2) is 45.1 Å². The van der Waals surface area contributed by atoms with Crippen molar-refractivity contribution < 1.29 is 8.42 Å². The minimum atomic E-state index is -3.32. The first-order valence-corrected chi connectivity index (χ1v) is 6.27. The molecule has 0 atom stereocenters. The van der Waals surface area contributed by atoms with Crippen molar-refractivity contribution in [1.29, 1.82) is 0 Å². The molecular formula is C9H11BrClNO2S. The van der Waals surface area contributed by atoms with Gasteiger partial charge in [-0.15, -0.1) is 12.4 Å². The zero-order chi connectivity index (χ0) is 10.6. The van der Waals surface area contributed by atoms with E-state index in [1.807, 2.05) is 0 Å². The Morgan fingerprint density at radius 3 is 2.27 bits per heavy atom. The number of halogens is 2. The molecule has 0 aliphatic rings. The van der Waals surface area contributed by atoms with Crippen LogP contribution in [0, 0.1) is 0 Å². The highest BCUT2D eigenvalue weighted by Crippen LogP contribution is 2.16. The fraction of sp³-hybridized carbons (Fsp3) is 0.111. The van der Waals surface area contributed by atoms with Gasteiger partial charge in [-0.1, -0.05) is 22.0 Å². The lowest BCUT2D eigenvalue weighted by atomic mass is 10.4. The van der Waals surface area contributed by atoms with Gasteiger partial charge in [0.25, 0.3) is 0 Å². The van der Waals surface area contributed by atoms with Gasteiger partial charge in [-0.05, 0) is 24.3 Å². The summed E-state index contributed by atoms with van der Waals surface area (Å²) in [7, 11) is -3.32. The van der Waals surface area contributed by atoms with Gasteiger partial charge in [0.15, 0.2) is 9.84 Å². The van der Waals surface area contributed by atoms with Gasteiger partial charge >= 0.3 is 0 Å². The van der Waals surface area contributed by atoms with Crippen molar-refractivity contribution in [3.05, 3.63) is 40.2 Å². The SMILES string of the molecule is Cl.NCC=CS(=O)(=O)c1ccc(Br)cc1. The summed E-state index contributed by atoms with van der Waals surface area (Å²) in [5.74, 6) is 0. The molecule has 0 bridgehead atoms. The van der Waals surface area contributed by atoms with E-state index in [4.69, 9.17) is 5.73 Å². The molecule has 15 heavy (non-hydrogen) atoms. The van der Waals surface area contributed by atoms with Crippen LogP contribution in [-0.2, 0) is 9.84 Å². The minimum absolute atomic E-state index is 0. The summed E-state index contributed by atoms with van der Waals surface area (Å²) in [4.78, 5) is 0.269. The van der Waals surface area contributed by atoms with E-state index in [9.17, 15) is 8.42 Å². The Kier molecular flexibility index (Phi) is 6.12.